The van der Waals surface area contributed by atoms with Crippen LogP contribution in [0.3, 0.4) is 0 Å². The number of thioether (sulfide) groups is 1. The summed E-state index contributed by atoms with van der Waals surface area (Å²) >= 11 is 7.40. The molecule has 0 aliphatic carbocycles. The van der Waals surface area contributed by atoms with Crippen molar-refractivity contribution in [3.8, 4) is 11.4 Å². The first kappa shape index (κ1) is 22.7. The number of nitrogens with zero attached hydrogens (tertiary/aromatic N) is 4. The standard InChI is InChI=1S/C24H20ClN5O2S/c1-2-30-23(17-10-12-26-13-11-17)28-29-24(30)33-15-21(31)27-20-9-8-18(25)14-19(20)22(32)16-6-4-3-5-7-16/h3-14H,2,15H2,1H3,(H,27,31). The molecule has 0 atom stereocenters. The van der Waals surface area contributed by atoms with Crippen molar-refractivity contribution in [3.63, 3.8) is 0 Å². The van der Waals surface area contributed by atoms with Gasteiger partial charge in [-0.05, 0) is 37.3 Å². The molecule has 1 amide bonds. The van der Waals surface area contributed by atoms with Crippen LogP contribution in [0.2, 0.25) is 5.02 Å². The summed E-state index contributed by atoms with van der Waals surface area (Å²) in [6, 6.07) is 17.4. The Morgan fingerprint density at radius 1 is 1.03 bits per heavy atom. The number of pyridine rings is 1. The Morgan fingerprint density at radius 3 is 2.52 bits per heavy atom. The van der Waals surface area contributed by atoms with Crippen LogP contribution in [-0.4, -0.2) is 37.2 Å². The van der Waals surface area contributed by atoms with E-state index in [2.05, 4.69) is 20.5 Å². The molecule has 0 radical (unpaired) electrons. The van der Waals surface area contributed by atoms with Gasteiger partial charge in [-0.3, -0.25) is 14.6 Å². The van der Waals surface area contributed by atoms with Crippen molar-refractivity contribution in [1.82, 2.24) is 19.7 Å². The van der Waals surface area contributed by atoms with Crippen LogP contribution in [0.4, 0.5) is 5.69 Å². The minimum atomic E-state index is -0.263. The van der Waals surface area contributed by atoms with Crippen molar-refractivity contribution in [2.45, 2.75) is 18.6 Å². The Balaban J connectivity index is 1.48. The van der Waals surface area contributed by atoms with E-state index in [4.69, 9.17) is 11.6 Å². The molecule has 4 rings (SSSR count). The fourth-order valence-corrected chi connectivity index (χ4v) is 4.24. The van der Waals surface area contributed by atoms with Crippen LogP contribution in [-0.2, 0) is 11.3 Å². The highest BCUT2D eigenvalue weighted by Gasteiger charge is 2.18. The molecule has 7 nitrogen and oxygen atoms in total. The molecule has 0 aliphatic rings. The largest absolute Gasteiger partial charge is 0.325 e. The van der Waals surface area contributed by atoms with Gasteiger partial charge >= 0.3 is 0 Å². The monoisotopic (exact) mass is 477 g/mol. The lowest BCUT2D eigenvalue weighted by Crippen LogP contribution is -2.17. The number of nitrogens with one attached hydrogen (secondary N) is 1. The van der Waals surface area contributed by atoms with Gasteiger partial charge in [-0.2, -0.15) is 0 Å². The summed E-state index contributed by atoms with van der Waals surface area (Å²) in [7, 11) is 0. The number of amides is 1. The lowest BCUT2D eigenvalue weighted by atomic mass is 10.0. The van der Waals surface area contributed by atoms with Gasteiger partial charge in [0, 0.05) is 40.7 Å². The van der Waals surface area contributed by atoms with Crippen molar-refractivity contribution < 1.29 is 9.59 Å². The number of hydrogen-bond donors (Lipinski definition) is 1. The third-order valence-corrected chi connectivity index (χ3v) is 6.04. The van der Waals surface area contributed by atoms with Gasteiger partial charge in [0.25, 0.3) is 0 Å². The first-order valence-electron chi connectivity index (χ1n) is 10.2. The minimum Gasteiger partial charge on any atom is -0.325 e. The van der Waals surface area contributed by atoms with Crippen LogP contribution in [0.25, 0.3) is 11.4 Å². The van der Waals surface area contributed by atoms with Crippen molar-refractivity contribution in [1.29, 1.82) is 0 Å². The van der Waals surface area contributed by atoms with E-state index in [1.54, 1.807) is 54.9 Å². The van der Waals surface area contributed by atoms with Crippen LogP contribution < -0.4 is 5.32 Å². The average molecular weight is 478 g/mol. The highest BCUT2D eigenvalue weighted by atomic mass is 35.5. The lowest BCUT2D eigenvalue weighted by Gasteiger charge is -2.11. The summed E-state index contributed by atoms with van der Waals surface area (Å²) in [4.78, 5) is 29.7. The SMILES string of the molecule is CCn1c(SCC(=O)Nc2ccc(Cl)cc2C(=O)c2ccccc2)nnc1-c1ccncc1. The highest BCUT2D eigenvalue weighted by molar-refractivity contribution is 7.99. The molecule has 2 aromatic carbocycles. The zero-order valence-electron chi connectivity index (χ0n) is 17.7. The maximum Gasteiger partial charge on any atom is 0.234 e. The highest BCUT2D eigenvalue weighted by Crippen LogP contribution is 2.26. The van der Waals surface area contributed by atoms with Crippen molar-refractivity contribution in [2.24, 2.45) is 0 Å². The zero-order valence-corrected chi connectivity index (χ0v) is 19.3. The summed E-state index contributed by atoms with van der Waals surface area (Å²) in [5.74, 6) is 0.348. The molecule has 9 heteroatoms. The summed E-state index contributed by atoms with van der Waals surface area (Å²) in [5.41, 5.74) is 2.17. The normalized spacial score (nSPS) is 10.7. The van der Waals surface area contributed by atoms with Gasteiger partial charge in [0.05, 0.1) is 11.4 Å². The number of anilines is 1. The zero-order chi connectivity index (χ0) is 23.2. The molecule has 0 fully saturated rings. The molecule has 0 saturated heterocycles. The van der Waals surface area contributed by atoms with Crippen molar-refractivity contribution in [3.05, 3.63) is 89.2 Å². The smallest absolute Gasteiger partial charge is 0.234 e. The summed E-state index contributed by atoms with van der Waals surface area (Å²) in [5, 5.41) is 12.4. The third-order valence-electron chi connectivity index (χ3n) is 4.84. The molecule has 33 heavy (non-hydrogen) atoms. The molecule has 4 aromatic rings. The second-order valence-corrected chi connectivity index (χ2v) is 8.39. The second kappa shape index (κ2) is 10.4. The number of aromatic nitrogens is 4. The first-order chi connectivity index (χ1) is 16.1. The summed E-state index contributed by atoms with van der Waals surface area (Å²) < 4.78 is 1.94. The number of halogens is 1. The Kier molecular flexibility index (Phi) is 7.16. The Hall–Kier alpha value is -3.49. The van der Waals surface area contributed by atoms with Gasteiger partial charge in [0.2, 0.25) is 5.91 Å². The number of hydrogen-bond acceptors (Lipinski definition) is 6. The van der Waals surface area contributed by atoms with E-state index in [-0.39, 0.29) is 17.4 Å². The van der Waals surface area contributed by atoms with Crippen LogP contribution in [0.15, 0.2) is 78.2 Å². The molecular weight excluding hydrogens is 458 g/mol. The number of ketones is 1. The predicted molar refractivity (Wildman–Crippen MR) is 130 cm³/mol. The van der Waals surface area contributed by atoms with Crippen molar-refractivity contribution >= 4 is 40.7 Å². The Labute approximate surface area is 200 Å². The third kappa shape index (κ3) is 5.30. The van der Waals surface area contributed by atoms with Crippen LogP contribution in [0.1, 0.15) is 22.8 Å². The van der Waals surface area contributed by atoms with Gasteiger partial charge in [-0.25, -0.2) is 0 Å². The number of benzene rings is 2. The second-order valence-electron chi connectivity index (χ2n) is 7.01. The molecule has 166 valence electrons. The molecule has 1 N–H and O–H groups in total. The predicted octanol–water partition coefficient (Wildman–Crippen LogP) is 4.98. The van der Waals surface area contributed by atoms with Gasteiger partial charge in [-0.1, -0.05) is 53.7 Å². The quantitative estimate of drug-likeness (QED) is 0.284. The molecule has 0 saturated carbocycles. The molecule has 2 aromatic heterocycles. The van der Waals surface area contributed by atoms with E-state index in [1.807, 2.05) is 29.7 Å². The number of rotatable bonds is 8. The van der Waals surface area contributed by atoms with Crippen LogP contribution in [0.5, 0.6) is 0 Å². The molecule has 0 aliphatic heterocycles. The van der Waals surface area contributed by atoms with Crippen LogP contribution in [0, 0.1) is 0 Å². The van der Waals surface area contributed by atoms with E-state index in [9.17, 15) is 9.59 Å². The number of carbonyl (C=O) groups excluding carboxylic acids is 2. The number of carbonyl (C=O) groups is 2. The minimum absolute atomic E-state index is 0.107. The fourth-order valence-electron chi connectivity index (χ4n) is 3.27. The average Bonchev–Trinajstić information content (AvgIpc) is 3.27. The molecule has 2 heterocycles. The first-order valence-corrected chi connectivity index (χ1v) is 11.6. The summed E-state index contributed by atoms with van der Waals surface area (Å²) in [6.07, 6.45) is 3.40. The lowest BCUT2D eigenvalue weighted by molar-refractivity contribution is -0.113. The van der Waals surface area contributed by atoms with Crippen LogP contribution >= 0.6 is 23.4 Å². The van der Waals surface area contributed by atoms with Gasteiger partial charge in [-0.15, -0.1) is 10.2 Å². The van der Waals surface area contributed by atoms with E-state index in [0.29, 0.717) is 33.5 Å². The molecular formula is C24H20ClN5O2S. The molecule has 0 bridgehead atoms. The van der Waals surface area contributed by atoms with E-state index in [0.717, 1.165) is 11.4 Å². The van der Waals surface area contributed by atoms with E-state index >= 15 is 0 Å². The summed E-state index contributed by atoms with van der Waals surface area (Å²) in [6.45, 7) is 2.65. The Morgan fingerprint density at radius 2 is 1.79 bits per heavy atom. The van der Waals surface area contributed by atoms with Gasteiger partial charge in [0.1, 0.15) is 0 Å². The maximum atomic E-state index is 13.0. The molecule has 0 spiro atoms. The van der Waals surface area contributed by atoms with Gasteiger partial charge in [0.15, 0.2) is 16.8 Å². The maximum absolute atomic E-state index is 13.0. The van der Waals surface area contributed by atoms with Gasteiger partial charge < -0.3 is 9.88 Å². The van der Waals surface area contributed by atoms with Crippen molar-refractivity contribution in [2.75, 3.05) is 11.1 Å². The fraction of sp³-hybridized carbons (Fsp3) is 0.125. The van der Waals surface area contributed by atoms with E-state index in [1.165, 1.54) is 11.8 Å². The Bertz CT molecular complexity index is 1280. The molecule has 0 unspecified atom stereocenters. The topological polar surface area (TPSA) is 89.8 Å². The van der Waals surface area contributed by atoms with E-state index < -0.39 is 0 Å².